The molecule has 1 aliphatic rings. The van der Waals surface area contributed by atoms with Gasteiger partial charge < -0.3 is 9.88 Å². The zero-order valence-corrected chi connectivity index (χ0v) is 17.7. The Morgan fingerprint density at radius 3 is 2.83 bits per heavy atom. The smallest absolute Gasteiger partial charge is 0.130 e. The number of imidazole rings is 1. The molecule has 1 aliphatic heterocycles. The number of nitrogens with one attached hydrogen (secondary N) is 1. The maximum atomic E-state index is 5.00. The van der Waals surface area contributed by atoms with Crippen molar-refractivity contribution in [2.24, 2.45) is 0 Å². The topological polar surface area (TPSA) is 49.7 Å². The minimum Gasteiger partial charge on any atom is -0.355 e. The molecule has 0 amide bonds. The third-order valence-corrected chi connectivity index (χ3v) is 5.79. The van der Waals surface area contributed by atoms with Crippen molar-refractivity contribution in [2.75, 3.05) is 11.4 Å². The molecule has 0 bridgehead atoms. The van der Waals surface area contributed by atoms with Gasteiger partial charge in [0.1, 0.15) is 5.82 Å². The fourth-order valence-corrected chi connectivity index (χ4v) is 4.18. The molecule has 4 aromatic rings. The molecule has 1 radical (unpaired) electrons. The van der Waals surface area contributed by atoms with Gasteiger partial charge in [-0.25, -0.2) is 9.67 Å². The first-order valence-electron chi connectivity index (χ1n) is 10.3. The molecule has 2 aromatic heterocycles. The molecular formula is C25H26N5. The van der Waals surface area contributed by atoms with E-state index in [1.807, 2.05) is 29.1 Å². The van der Waals surface area contributed by atoms with Crippen LogP contribution in [-0.4, -0.2) is 26.3 Å². The molecule has 5 heteroatoms. The van der Waals surface area contributed by atoms with E-state index in [9.17, 15) is 0 Å². The number of aromatic nitrogens is 4. The molecule has 151 valence electrons. The van der Waals surface area contributed by atoms with E-state index in [0.29, 0.717) is 0 Å². The van der Waals surface area contributed by atoms with Crippen LogP contribution in [0.1, 0.15) is 44.6 Å². The highest BCUT2D eigenvalue weighted by molar-refractivity contribution is 5.77. The summed E-state index contributed by atoms with van der Waals surface area (Å²) in [7, 11) is 0. The van der Waals surface area contributed by atoms with Crippen LogP contribution >= 0.6 is 0 Å². The highest BCUT2D eigenvalue weighted by Gasteiger charge is 2.32. The van der Waals surface area contributed by atoms with Crippen LogP contribution in [0.25, 0.3) is 16.7 Å². The lowest BCUT2D eigenvalue weighted by Gasteiger charge is -2.27. The maximum Gasteiger partial charge on any atom is 0.130 e. The van der Waals surface area contributed by atoms with Gasteiger partial charge in [-0.15, -0.1) is 0 Å². The zero-order chi connectivity index (χ0) is 20.9. The quantitative estimate of drug-likeness (QED) is 0.475. The molecule has 0 unspecified atom stereocenters. The largest absolute Gasteiger partial charge is 0.355 e. The molecule has 5 rings (SSSR count). The van der Waals surface area contributed by atoms with Crippen LogP contribution in [0.4, 0.5) is 5.69 Å². The number of benzene rings is 2. The summed E-state index contributed by atoms with van der Waals surface area (Å²) in [4.78, 5) is 10.9. The Balaban J connectivity index is 1.57. The van der Waals surface area contributed by atoms with E-state index < -0.39 is 0 Å². The van der Waals surface area contributed by atoms with Crippen molar-refractivity contribution in [1.82, 2.24) is 19.7 Å². The number of aromatic amines is 1. The lowest BCUT2D eigenvalue weighted by atomic mass is 9.87. The molecule has 1 fully saturated rings. The van der Waals surface area contributed by atoms with Gasteiger partial charge in [-0.05, 0) is 41.7 Å². The number of nitrogens with zero attached hydrogens (tertiary/aromatic N) is 4. The molecule has 1 saturated heterocycles. The van der Waals surface area contributed by atoms with Gasteiger partial charge in [-0.3, -0.25) is 0 Å². The van der Waals surface area contributed by atoms with Gasteiger partial charge in [-0.1, -0.05) is 51.1 Å². The van der Waals surface area contributed by atoms with Crippen molar-refractivity contribution < 1.29 is 0 Å². The maximum absolute atomic E-state index is 5.00. The number of hydrogen-bond acceptors (Lipinski definition) is 3. The van der Waals surface area contributed by atoms with Crippen LogP contribution in [0.3, 0.4) is 0 Å². The van der Waals surface area contributed by atoms with E-state index in [0.717, 1.165) is 41.2 Å². The van der Waals surface area contributed by atoms with E-state index in [4.69, 9.17) is 4.98 Å². The van der Waals surface area contributed by atoms with Crippen LogP contribution < -0.4 is 4.90 Å². The molecule has 0 saturated carbocycles. The number of para-hydroxylation sites is 1. The zero-order valence-electron chi connectivity index (χ0n) is 17.7. The first kappa shape index (κ1) is 18.7. The summed E-state index contributed by atoms with van der Waals surface area (Å²) in [5.74, 6) is 0.977. The van der Waals surface area contributed by atoms with Gasteiger partial charge in [0, 0.05) is 25.0 Å². The normalized spacial score (nSPS) is 17.2. The summed E-state index contributed by atoms with van der Waals surface area (Å²) in [5.41, 5.74) is 6.70. The van der Waals surface area contributed by atoms with Crippen molar-refractivity contribution in [3.05, 3.63) is 84.5 Å². The van der Waals surface area contributed by atoms with Gasteiger partial charge in [0.2, 0.25) is 0 Å². The minimum atomic E-state index is 0.0967. The van der Waals surface area contributed by atoms with Crippen LogP contribution in [-0.2, 0) is 5.41 Å². The Bertz CT molecular complexity index is 1210. The van der Waals surface area contributed by atoms with Gasteiger partial charge in [0.05, 0.1) is 28.5 Å². The van der Waals surface area contributed by atoms with E-state index >= 15 is 0 Å². The standard InChI is InChI=1S/C25H26N5/c1-17-14-23(24-27-19-11-10-18(25(2,3)4)15-20(19)28-24)29(16-17)21-8-5-6-9-22(21)30-13-7-12-26-30/h5-8,10-13,15,23H,1,14,16H2,2-4H3,(H,27,28)/t23-/m0/s1. The Kier molecular flexibility index (Phi) is 4.28. The third-order valence-electron chi connectivity index (χ3n) is 5.79. The number of anilines is 1. The number of fused-ring (bicyclic) bond motifs is 1. The first-order chi connectivity index (χ1) is 14.4. The summed E-state index contributed by atoms with van der Waals surface area (Å²) in [6.45, 7) is 11.8. The van der Waals surface area contributed by atoms with Crippen molar-refractivity contribution in [1.29, 1.82) is 0 Å². The number of rotatable bonds is 3. The fraction of sp³-hybridized carbons (Fsp3) is 0.280. The highest BCUT2D eigenvalue weighted by atomic mass is 15.3. The van der Waals surface area contributed by atoms with Crippen molar-refractivity contribution in [2.45, 2.75) is 38.6 Å². The number of H-pyrrole nitrogens is 1. The molecular weight excluding hydrogens is 370 g/mol. The summed E-state index contributed by atoms with van der Waals surface area (Å²) < 4.78 is 1.86. The van der Waals surface area contributed by atoms with Gasteiger partial charge in [-0.2, -0.15) is 5.10 Å². The Labute approximate surface area is 177 Å². The second-order valence-corrected chi connectivity index (χ2v) is 9.06. The van der Waals surface area contributed by atoms with E-state index in [2.05, 4.69) is 72.7 Å². The van der Waals surface area contributed by atoms with Crippen LogP contribution in [0, 0.1) is 6.07 Å². The summed E-state index contributed by atoms with van der Waals surface area (Å²) >= 11 is 0. The molecule has 1 atom stereocenters. The minimum absolute atomic E-state index is 0.0967. The van der Waals surface area contributed by atoms with Crippen molar-refractivity contribution >= 4 is 16.7 Å². The third kappa shape index (κ3) is 3.20. The second-order valence-electron chi connectivity index (χ2n) is 9.06. The molecule has 0 spiro atoms. The lowest BCUT2D eigenvalue weighted by Crippen LogP contribution is -2.25. The Hall–Kier alpha value is -3.34. The molecule has 0 aliphatic carbocycles. The highest BCUT2D eigenvalue weighted by Crippen LogP contribution is 2.40. The van der Waals surface area contributed by atoms with Crippen LogP contribution in [0.5, 0.6) is 0 Å². The monoisotopic (exact) mass is 396 g/mol. The Morgan fingerprint density at radius 2 is 2.07 bits per heavy atom. The molecule has 1 N–H and O–H groups in total. The second kappa shape index (κ2) is 6.87. The van der Waals surface area contributed by atoms with Crippen LogP contribution in [0.15, 0.2) is 67.0 Å². The SMILES string of the molecule is C=C1C[C@@H](c2nc3cc(C(C)(C)C)ccc3[nH]2)N(c2ccc[c]c2-n2cccn2)C1. The molecule has 2 aromatic carbocycles. The fourth-order valence-electron chi connectivity index (χ4n) is 4.18. The predicted octanol–water partition coefficient (Wildman–Crippen LogP) is 5.35. The average Bonchev–Trinajstić information content (AvgIpc) is 3.45. The first-order valence-corrected chi connectivity index (χ1v) is 10.3. The molecule has 3 heterocycles. The lowest BCUT2D eigenvalue weighted by molar-refractivity contribution is 0.591. The summed E-state index contributed by atoms with van der Waals surface area (Å²) in [6, 6.07) is 18.0. The Morgan fingerprint density at radius 1 is 1.20 bits per heavy atom. The van der Waals surface area contributed by atoms with Crippen molar-refractivity contribution in [3.63, 3.8) is 0 Å². The average molecular weight is 397 g/mol. The predicted molar refractivity (Wildman–Crippen MR) is 121 cm³/mol. The van der Waals surface area contributed by atoms with Gasteiger partial charge in [0.15, 0.2) is 0 Å². The molecule has 30 heavy (non-hydrogen) atoms. The van der Waals surface area contributed by atoms with E-state index in [-0.39, 0.29) is 11.5 Å². The van der Waals surface area contributed by atoms with Gasteiger partial charge >= 0.3 is 0 Å². The number of hydrogen-bond donors (Lipinski definition) is 1. The summed E-state index contributed by atoms with van der Waals surface area (Å²) in [6.07, 6.45) is 4.61. The van der Waals surface area contributed by atoms with Crippen molar-refractivity contribution in [3.8, 4) is 5.69 Å². The molecule has 5 nitrogen and oxygen atoms in total. The van der Waals surface area contributed by atoms with E-state index in [1.54, 1.807) is 6.20 Å². The van der Waals surface area contributed by atoms with Crippen LogP contribution in [0.2, 0.25) is 0 Å². The van der Waals surface area contributed by atoms with Gasteiger partial charge in [0.25, 0.3) is 0 Å². The summed E-state index contributed by atoms with van der Waals surface area (Å²) in [5, 5.41) is 4.42. The van der Waals surface area contributed by atoms with E-state index in [1.165, 1.54) is 11.1 Å².